The lowest BCUT2D eigenvalue weighted by atomic mass is 10.1. The van der Waals surface area contributed by atoms with E-state index < -0.39 is 0 Å². The van der Waals surface area contributed by atoms with Gasteiger partial charge in [-0.05, 0) is 6.92 Å². The Morgan fingerprint density at radius 1 is 1.25 bits per heavy atom. The van der Waals surface area contributed by atoms with Crippen molar-refractivity contribution in [2.24, 2.45) is 10.7 Å². The summed E-state index contributed by atoms with van der Waals surface area (Å²) >= 11 is 0. The standard InChI is InChI=1S/C15H18N4O/c1-10(16)14-9-13(18-20-14)11-3-5-12(6-4-11)15-17-7-8-19(15)2/h3-6,9-10H,7-8,16H2,1-2H3. The zero-order valence-electron chi connectivity index (χ0n) is 11.7. The number of hydrogen-bond donors (Lipinski definition) is 1. The molecule has 5 heteroatoms. The number of benzene rings is 1. The molecule has 2 aromatic rings. The average molecular weight is 270 g/mol. The van der Waals surface area contributed by atoms with Gasteiger partial charge in [0.1, 0.15) is 11.5 Å². The molecule has 2 heterocycles. The first-order valence-electron chi connectivity index (χ1n) is 6.74. The number of nitrogens with two attached hydrogens (primary N) is 1. The summed E-state index contributed by atoms with van der Waals surface area (Å²) in [4.78, 5) is 6.67. The van der Waals surface area contributed by atoms with Gasteiger partial charge in [0.25, 0.3) is 0 Å². The van der Waals surface area contributed by atoms with E-state index in [0.717, 1.165) is 35.7 Å². The molecule has 0 fully saturated rings. The molecule has 1 aromatic heterocycles. The monoisotopic (exact) mass is 270 g/mol. The molecule has 0 saturated carbocycles. The molecule has 0 radical (unpaired) electrons. The SMILES string of the molecule is CC(N)c1cc(-c2ccc(C3=NCCN3C)cc2)no1. The van der Waals surface area contributed by atoms with Crippen LogP contribution in [0, 0.1) is 0 Å². The Morgan fingerprint density at radius 2 is 1.95 bits per heavy atom. The van der Waals surface area contributed by atoms with Crippen molar-refractivity contribution in [1.29, 1.82) is 0 Å². The molecule has 0 bridgehead atoms. The van der Waals surface area contributed by atoms with E-state index in [-0.39, 0.29) is 6.04 Å². The Morgan fingerprint density at radius 3 is 2.50 bits per heavy atom. The van der Waals surface area contributed by atoms with Crippen molar-refractivity contribution >= 4 is 5.84 Å². The smallest absolute Gasteiger partial charge is 0.153 e. The fraction of sp³-hybridized carbons (Fsp3) is 0.333. The molecule has 5 nitrogen and oxygen atoms in total. The van der Waals surface area contributed by atoms with E-state index in [1.807, 2.05) is 25.1 Å². The molecule has 0 amide bonds. The normalized spacial score (nSPS) is 16.4. The Bertz CT molecular complexity index is 628. The average Bonchev–Trinajstić information content (AvgIpc) is 3.07. The lowest BCUT2D eigenvalue weighted by Gasteiger charge is -2.13. The summed E-state index contributed by atoms with van der Waals surface area (Å²) in [5, 5.41) is 4.05. The maximum Gasteiger partial charge on any atom is 0.153 e. The van der Waals surface area contributed by atoms with Gasteiger partial charge in [0.05, 0.1) is 12.6 Å². The predicted octanol–water partition coefficient (Wildman–Crippen LogP) is 2.05. The van der Waals surface area contributed by atoms with Crippen LogP contribution in [0.15, 0.2) is 39.8 Å². The first-order valence-corrected chi connectivity index (χ1v) is 6.74. The van der Waals surface area contributed by atoms with E-state index in [0.29, 0.717) is 5.76 Å². The quantitative estimate of drug-likeness (QED) is 0.927. The lowest BCUT2D eigenvalue weighted by molar-refractivity contribution is 0.369. The molecule has 1 aliphatic heterocycles. The molecule has 0 aliphatic carbocycles. The molecule has 104 valence electrons. The summed E-state index contributed by atoms with van der Waals surface area (Å²) < 4.78 is 5.22. The van der Waals surface area contributed by atoms with Crippen LogP contribution in [0.3, 0.4) is 0 Å². The van der Waals surface area contributed by atoms with Crippen LogP contribution < -0.4 is 5.73 Å². The Balaban J connectivity index is 1.85. The number of nitrogens with zero attached hydrogens (tertiary/aromatic N) is 3. The second kappa shape index (κ2) is 5.09. The highest BCUT2D eigenvalue weighted by Gasteiger charge is 2.15. The van der Waals surface area contributed by atoms with Gasteiger partial charge in [-0.2, -0.15) is 0 Å². The van der Waals surface area contributed by atoms with Crippen molar-refractivity contribution in [1.82, 2.24) is 10.1 Å². The highest BCUT2D eigenvalue weighted by atomic mass is 16.5. The van der Waals surface area contributed by atoms with Crippen molar-refractivity contribution in [2.45, 2.75) is 13.0 Å². The summed E-state index contributed by atoms with van der Waals surface area (Å²) in [6.07, 6.45) is 0. The summed E-state index contributed by atoms with van der Waals surface area (Å²) in [5.74, 6) is 1.75. The van der Waals surface area contributed by atoms with Crippen LogP contribution in [0.5, 0.6) is 0 Å². The van der Waals surface area contributed by atoms with Crippen molar-refractivity contribution in [3.05, 3.63) is 41.7 Å². The fourth-order valence-corrected chi connectivity index (χ4v) is 2.27. The van der Waals surface area contributed by atoms with Crippen molar-refractivity contribution in [3.8, 4) is 11.3 Å². The Kier molecular flexibility index (Phi) is 3.28. The van der Waals surface area contributed by atoms with E-state index in [9.17, 15) is 0 Å². The zero-order valence-corrected chi connectivity index (χ0v) is 11.7. The molecular formula is C15H18N4O. The molecule has 1 atom stereocenters. The van der Waals surface area contributed by atoms with Gasteiger partial charge in [-0.1, -0.05) is 29.4 Å². The van der Waals surface area contributed by atoms with E-state index in [4.69, 9.17) is 10.3 Å². The highest BCUT2D eigenvalue weighted by Crippen LogP contribution is 2.22. The van der Waals surface area contributed by atoms with Crippen LogP contribution in [0.2, 0.25) is 0 Å². The van der Waals surface area contributed by atoms with Gasteiger partial charge in [0, 0.05) is 30.8 Å². The molecule has 3 rings (SSSR count). The molecule has 0 saturated heterocycles. The first-order chi connectivity index (χ1) is 9.65. The maximum absolute atomic E-state index is 5.77. The Hall–Kier alpha value is -2.14. The van der Waals surface area contributed by atoms with Gasteiger partial charge in [-0.25, -0.2) is 0 Å². The summed E-state index contributed by atoms with van der Waals surface area (Å²) in [7, 11) is 2.06. The topological polar surface area (TPSA) is 67.7 Å². The molecule has 1 unspecified atom stereocenters. The number of aromatic nitrogens is 1. The van der Waals surface area contributed by atoms with Crippen molar-refractivity contribution < 1.29 is 4.52 Å². The third-order valence-corrected chi connectivity index (χ3v) is 3.47. The van der Waals surface area contributed by atoms with Crippen molar-refractivity contribution in [2.75, 3.05) is 20.1 Å². The van der Waals surface area contributed by atoms with Crippen LogP contribution in [0.25, 0.3) is 11.3 Å². The number of amidine groups is 1. The molecule has 1 aromatic carbocycles. The van der Waals surface area contributed by atoms with Crippen LogP contribution in [0.4, 0.5) is 0 Å². The van der Waals surface area contributed by atoms with E-state index in [2.05, 4.69) is 34.2 Å². The van der Waals surface area contributed by atoms with E-state index in [1.165, 1.54) is 0 Å². The molecule has 2 N–H and O–H groups in total. The van der Waals surface area contributed by atoms with Crippen LogP contribution in [-0.2, 0) is 0 Å². The number of aliphatic imine (C=N–C) groups is 1. The van der Waals surface area contributed by atoms with Gasteiger partial charge in [-0.3, -0.25) is 4.99 Å². The van der Waals surface area contributed by atoms with Crippen LogP contribution >= 0.6 is 0 Å². The Labute approximate surface area is 118 Å². The van der Waals surface area contributed by atoms with Crippen molar-refractivity contribution in [3.63, 3.8) is 0 Å². The molecule has 20 heavy (non-hydrogen) atoms. The number of rotatable bonds is 3. The van der Waals surface area contributed by atoms with Gasteiger partial charge in [0.2, 0.25) is 0 Å². The number of likely N-dealkylation sites (N-methyl/N-ethyl adjacent to an activating group) is 1. The minimum absolute atomic E-state index is 0.142. The lowest BCUT2D eigenvalue weighted by Crippen LogP contribution is -2.23. The second-order valence-corrected chi connectivity index (χ2v) is 5.11. The third kappa shape index (κ3) is 2.32. The van der Waals surface area contributed by atoms with Gasteiger partial charge < -0.3 is 15.2 Å². The maximum atomic E-state index is 5.77. The fourth-order valence-electron chi connectivity index (χ4n) is 2.27. The summed E-state index contributed by atoms with van der Waals surface area (Å²) in [6, 6.07) is 9.95. The first kappa shape index (κ1) is 12.9. The predicted molar refractivity (Wildman–Crippen MR) is 78.6 cm³/mol. The van der Waals surface area contributed by atoms with Gasteiger partial charge >= 0.3 is 0 Å². The van der Waals surface area contributed by atoms with Gasteiger partial charge in [0.15, 0.2) is 5.76 Å². The summed E-state index contributed by atoms with van der Waals surface area (Å²) in [5.41, 5.74) is 8.73. The van der Waals surface area contributed by atoms with E-state index in [1.54, 1.807) is 0 Å². The van der Waals surface area contributed by atoms with Crippen LogP contribution in [0.1, 0.15) is 24.3 Å². The third-order valence-electron chi connectivity index (χ3n) is 3.47. The molecular weight excluding hydrogens is 252 g/mol. The van der Waals surface area contributed by atoms with E-state index >= 15 is 0 Å². The minimum atomic E-state index is -0.142. The highest BCUT2D eigenvalue weighted by molar-refractivity contribution is 5.99. The summed E-state index contributed by atoms with van der Waals surface area (Å²) in [6.45, 7) is 3.73. The number of hydrogen-bond acceptors (Lipinski definition) is 5. The second-order valence-electron chi connectivity index (χ2n) is 5.11. The largest absolute Gasteiger partial charge is 0.359 e. The van der Waals surface area contributed by atoms with Crippen LogP contribution in [-0.4, -0.2) is 36.0 Å². The molecule has 0 spiro atoms. The minimum Gasteiger partial charge on any atom is -0.359 e. The zero-order chi connectivity index (χ0) is 14.1. The molecule has 1 aliphatic rings. The van der Waals surface area contributed by atoms with Gasteiger partial charge in [-0.15, -0.1) is 0 Å².